The number of hydrogen-bond donors (Lipinski definition) is 1. The molecule has 0 spiro atoms. The van der Waals surface area contributed by atoms with E-state index in [4.69, 9.17) is 0 Å². The maximum absolute atomic E-state index is 12.5. The topological polar surface area (TPSA) is 70.2 Å². The Morgan fingerprint density at radius 3 is 2.27 bits per heavy atom. The number of pyridine rings is 1. The molecule has 1 aliphatic rings. The van der Waals surface area contributed by atoms with Gasteiger partial charge in [-0.2, -0.15) is 0 Å². The lowest BCUT2D eigenvalue weighted by Crippen LogP contribution is -2.29. The van der Waals surface area contributed by atoms with Gasteiger partial charge in [0.15, 0.2) is 0 Å². The second kappa shape index (κ2) is 5.11. The van der Waals surface area contributed by atoms with Crippen LogP contribution in [0.15, 0.2) is 53.0 Å². The molecule has 0 saturated carbocycles. The molecule has 110 valence electrons. The standard InChI is InChI=1S/C17H14N2O3/c1-19(2)13-9-14(20)15-12(16(13)21)8-11(17(22)18-15)10-6-4-3-5-7-10/h3-9H,1-2H3,(H,18,22). The van der Waals surface area contributed by atoms with E-state index in [1.165, 1.54) is 12.1 Å². The summed E-state index contributed by atoms with van der Waals surface area (Å²) >= 11 is 0. The van der Waals surface area contributed by atoms with Gasteiger partial charge in [-0.15, -0.1) is 0 Å². The lowest BCUT2D eigenvalue weighted by atomic mass is 9.94. The highest BCUT2D eigenvalue weighted by Gasteiger charge is 2.28. The van der Waals surface area contributed by atoms with Crippen molar-refractivity contribution in [1.82, 2.24) is 9.88 Å². The fourth-order valence-corrected chi connectivity index (χ4v) is 2.47. The number of nitrogens with one attached hydrogen (secondary N) is 1. The number of allylic oxidation sites excluding steroid dienone is 2. The second-order valence-electron chi connectivity index (χ2n) is 5.28. The van der Waals surface area contributed by atoms with Crippen LogP contribution < -0.4 is 5.56 Å². The molecule has 0 fully saturated rings. The molecule has 1 N–H and O–H groups in total. The molecule has 0 atom stereocenters. The first kappa shape index (κ1) is 14.0. The van der Waals surface area contributed by atoms with Crippen molar-refractivity contribution < 1.29 is 9.59 Å². The molecule has 22 heavy (non-hydrogen) atoms. The van der Waals surface area contributed by atoms with E-state index in [9.17, 15) is 14.4 Å². The highest BCUT2D eigenvalue weighted by Crippen LogP contribution is 2.24. The number of likely N-dealkylation sites (N-methyl/N-ethyl adjacent to an activating group) is 1. The first-order valence-corrected chi connectivity index (χ1v) is 6.80. The van der Waals surface area contributed by atoms with Gasteiger partial charge in [0.25, 0.3) is 5.56 Å². The number of rotatable bonds is 2. The molecule has 0 radical (unpaired) electrons. The van der Waals surface area contributed by atoms with Crippen LogP contribution >= 0.6 is 0 Å². The molecule has 1 aliphatic carbocycles. The van der Waals surface area contributed by atoms with Gasteiger partial charge in [-0.05, 0) is 11.6 Å². The van der Waals surface area contributed by atoms with Crippen molar-refractivity contribution in [2.45, 2.75) is 0 Å². The number of aromatic amines is 1. The molecule has 0 aliphatic heterocycles. The minimum absolute atomic E-state index is 0.0558. The molecule has 2 aromatic rings. The van der Waals surface area contributed by atoms with Gasteiger partial charge >= 0.3 is 0 Å². The number of Topliss-reactive ketones (excluding diaryl/α,β-unsaturated/α-hetero) is 1. The summed E-state index contributed by atoms with van der Waals surface area (Å²) < 4.78 is 0. The van der Waals surface area contributed by atoms with Crippen molar-refractivity contribution in [1.29, 1.82) is 0 Å². The zero-order chi connectivity index (χ0) is 15.9. The summed E-state index contributed by atoms with van der Waals surface area (Å²) in [5.74, 6) is -0.636. The Hall–Kier alpha value is -2.95. The zero-order valence-electron chi connectivity index (χ0n) is 12.2. The fraction of sp³-hybridized carbons (Fsp3) is 0.118. The number of fused-ring (bicyclic) bond motifs is 1. The Morgan fingerprint density at radius 2 is 1.64 bits per heavy atom. The summed E-state index contributed by atoms with van der Waals surface area (Å²) in [5.41, 5.74) is 1.29. The number of hydrogen-bond acceptors (Lipinski definition) is 4. The van der Waals surface area contributed by atoms with Gasteiger partial charge in [0.2, 0.25) is 11.6 Å². The number of H-pyrrole nitrogens is 1. The van der Waals surface area contributed by atoms with Crippen LogP contribution in [0.5, 0.6) is 0 Å². The Kier molecular flexibility index (Phi) is 3.25. The molecule has 1 aromatic carbocycles. The molecule has 5 nitrogen and oxygen atoms in total. The summed E-state index contributed by atoms with van der Waals surface area (Å²) in [7, 11) is 3.40. The second-order valence-corrected chi connectivity index (χ2v) is 5.28. The molecule has 0 saturated heterocycles. The molecule has 1 aromatic heterocycles. The summed E-state index contributed by atoms with van der Waals surface area (Å²) in [6.45, 7) is 0. The monoisotopic (exact) mass is 294 g/mol. The molecule has 0 bridgehead atoms. The Labute approximate surface area is 126 Å². The number of aromatic nitrogens is 1. The van der Waals surface area contributed by atoms with E-state index in [0.29, 0.717) is 16.8 Å². The van der Waals surface area contributed by atoms with Crippen LogP contribution in [-0.4, -0.2) is 35.5 Å². The third-order valence-electron chi connectivity index (χ3n) is 3.60. The number of benzene rings is 1. The quantitative estimate of drug-likeness (QED) is 0.918. The maximum atomic E-state index is 12.5. The summed E-state index contributed by atoms with van der Waals surface area (Å²) in [4.78, 5) is 41.0. The lowest BCUT2D eigenvalue weighted by Gasteiger charge is -2.21. The van der Waals surface area contributed by atoms with Crippen LogP contribution in [0.4, 0.5) is 0 Å². The molecule has 0 unspecified atom stereocenters. The van der Waals surface area contributed by atoms with E-state index in [0.717, 1.165) is 0 Å². The lowest BCUT2D eigenvalue weighted by molar-refractivity contribution is 0.0959. The van der Waals surface area contributed by atoms with Crippen LogP contribution in [0.3, 0.4) is 0 Å². The average molecular weight is 294 g/mol. The average Bonchev–Trinajstić information content (AvgIpc) is 2.51. The third kappa shape index (κ3) is 2.16. The van der Waals surface area contributed by atoms with Crippen LogP contribution in [0.1, 0.15) is 20.8 Å². The number of carbonyl (C=O) groups excluding carboxylic acids is 2. The van der Waals surface area contributed by atoms with E-state index < -0.39 is 0 Å². The predicted molar refractivity (Wildman–Crippen MR) is 82.9 cm³/mol. The van der Waals surface area contributed by atoms with E-state index in [-0.39, 0.29) is 28.4 Å². The van der Waals surface area contributed by atoms with E-state index in [2.05, 4.69) is 4.98 Å². The largest absolute Gasteiger partial charge is 0.374 e. The van der Waals surface area contributed by atoms with E-state index >= 15 is 0 Å². The van der Waals surface area contributed by atoms with Gasteiger partial charge in [0, 0.05) is 25.7 Å². The van der Waals surface area contributed by atoms with Crippen molar-refractivity contribution >= 4 is 11.6 Å². The van der Waals surface area contributed by atoms with Crippen molar-refractivity contribution in [2.75, 3.05) is 14.1 Å². The van der Waals surface area contributed by atoms with Crippen molar-refractivity contribution in [3.05, 3.63) is 69.8 Å². The van der Waals surface area contributed by atoms with Crippen LogP contribution in [0, 0.1) is 0 Å². The van der Waals surface area contributed by atoms with Crippen molar-refractivity contribution in [2.24, 2.45) is 0 Å². The third-order valence-corrected chi connectivity index (χ3v) is 3.60. The van der Waals surface area contributed by atoms with E-state index in [1.807, 2.05) is 18.2 Å². The molecular weight excluding hydrogens is 280 g/mol. The van der Waals surface area contributed by atoms with E-state index in [1.54, 1.807) is 31.1 Å². The molecule has 5 heteroatoms. The smallest absolute Gasteiger partial charge is 0.256 e. The van der Waals surface area contributed by atoms with Gasteiger partial charge in [0.1, 0.15) is 5.69 Å². The van der Waals surface area contributed by atoms with Gasteiger partial charge in [-0.25, -0.2) is 0 Å². The Bertz CT molecular complexity index is 861. The summed E-state index contributed by atoms with van der Waals surface area (Å²) in [5, 5.41) is 0. The molecule has 3 rings (SSSR count). The molecule has 1 heterocycles. The fourth-order valence-electron chi connectivity index (χ4n) is 2.47. The van der Waals surface area contributed by atoms with Gasteiger partial charge in [0.05, 0.1) is 11.3 Å². The number of carbonyl (C=O) groups is 2. The SMILES string of the molecule is CN(C)C1=CC(=O)c2[nH]c(=O)c(-c3ccccc3)cc2C1=O. The molecular formula is C17H14N2O3. The van der Waals surface area contributed by atoms with Crippen LogP contribution in [-0.2, 0) is 0 Å². The molecule has 0 amide bonds. The minimum atomic E-state index is -0.382. The van der Waals surface area contributed by atoms with Gasteiger partial charge in [-0.1, -0.05) is 30.3 Å². The first-order chi connectivity index (χ1) is 10.5. The maximum Gasteiger partial charge on any atom is 0.256 e. The first-order valence-electron chi connectivity index (χ1n) is 6.80. The minimum Gasteiger partial charge on any atom is -0.374 e. The summed E-state index contributed by atoms with van der Waals surface area (Å²) in [6, 6.07) is 10.5. The number of nitrogens with zero attached hydrogens (tertiary/aromatic N) is 1. The highest BCUT2D eigenvalue weighted by molar-refractivity contribution is 6.23. The Morgan fingerprint density at radius 1 is 0.955 bits per heavy atom. The zero-order valence-corrected chi connectivity index (χ0v) is 12.2. The van der Waals surface area contributed by atoms with Crippen LogP contribution in [0.25, 0.3) is 11.1 Å². The predicted octanol–water partition coefficient (Wildman–Crippen LogP) is 1.87. The van der Waals surface area contributed by atoms with Gasteiger partial charge in [-0.3, -0.25) is 14.4 Å². The van der Waals surface area contributed by atoms with Crippen LogP contribution in [0.2, 0.25) is 0 Å². The Balaban J connectivity index is 2.22. The van der Waals surface area contributed by atoms with Gasteiger partial charge < -0.3 is 9.88 Å². The summed E-state index contributed by atoms with van der Waals surface area (Å²) in [6.07, 6.45) is 1.25. The number of ketones is 2. The van der Waals surface area contributed by atoms with Crippen molar-refractivity contribution in [3.63, 3.8) is 0 Å². The van der Waals surface area contributed by atoms with Crippen molar-refractivity contribution in [3.8, 4) is 11.1 Å². The normalized spacial score (nSPS) is 13.6. The highest BCUT2D eigenvalue weighted by atomic mass is 16.1.